The Kier molecular flexibility index (Phi) is 5.00. The minimum Gasteiger partial charge on any atom is -0.469 e. The molecule has 0 bridgehead atoms. The molecule has 1 aliphatic heterocycles. The molecular formula is C16H22N2O4. The third-order valence-electron chi connectivity index (χ3n) is 4.16. The number of carbonyl (C=O) groups excluding carboxylic acids is 2. The van der Waals surface area contributed by atoms with E-state index in [0.29, 0.717) is 13.1 Å². The van der Waals surface area contributed by atoms with Crippen molar-refractivity contribution in [3.63, 3.8) is 0 Å². The summed E-state index contributed by atoms with van der Waals surface area (Å²) in [5, 5.41) is 0. The molecule has 0 spiro atoms. The number of rotatable bonds is 3. The summed E-state index contributed by atoms with van der Waals surface area (Å²) >= 11 is 0. The van der Waals surface area contributed by atoms with Gasteiger partial charge in [-0.2, -0.15) is 0 Å². The number of hydrogen-bond acceptors (Lipinski definition) is 4. The van der Waals surface area contributed by atoms with Crippen LogP contribution < -0.4 is 5.43 Å². The zero-order valence-electron chi connectivity index (χ0n) is 13.3. The van der Waals surface area contributed by atoms with E-state index in [1.165, 1.54) is 19.2 Å². The lowest BCUT2D eigenvalue weighted by molar-refractivity contribution is -0.149. The minimum atomic E-state index is -0.256. The Hall–Kier alpha value is -2.11. The van der Waals surface area contributed by atoms with Crippen molar-refractivity contribution in [3.05, 3.63) is 33.7 Å². The molecule has 1 aromatic heterocycles. The number of ether oxygens (including phenoxy) is 1. The van der Waals surface area contributed by atoms with E-state index in [0.717, 1.165) is 24.2 Å². The Morgan fingerprint density at radius 2 is 1.91 bits per heavy atom. The standard InChI is InChI=1S/C16H22N2O4/c1-11-7-14(19)8-12(2)18(11)10-15(20)17-6-4-5-13(9-17)16(21)22-3/h7-8,13H,4-6,9-10H2,1-3H3. The summed E-state index contributed by atoms with van der Waals surface area (Å²) in [5.41, 5.74) is 1.47. The quantitative estimate of drug-likeness (QED) is 0.777. The summed E-state index contributed by atoms with van der Waals surface area (Å²) in [7, 11) is 1.37. The van der Waals surface area contributed by atoms with Crippen LogP contribution in [0.5, 0.6) is 0 Å². The molecule has 1 atom stereocenters. The zero-order chi connectivity index (χ0) is 16.3. The molecule has 1 aromatic rings. The van der Waals surface area contributed by atoms with Crippen LogP contribution in [0.15, 0.2) is 16.9 Å². The second-order valence-corrected chi connectivity index (χ2v) is 5.76. The number of hydrogen-bond donors (Lipinski definition) is 0. The first kappa shape index (κ1) is 16.3. The lowest BCUT2D eigenvalue weighted by atomic mass is 9.98. The van der Waals surface area contributed by atoms with Crippen molar-refractivity contribution >= 4 is 11.9 Å². The van der Waals surface area contributed by atoms with E-state index in [-0.39, 0.29) is 29.8 Å². The highest BCUT2D eigenvalue weighted by molar-refractivity contribution is 5.78. The van der Waals surface area contributed by atoms with Crippen molar-refractivity contribution < 1.29 is 14.3 Å². The SMILES string of the molecule is COC(=O)C1CCCN(C(=O)Cn2c(C)cc(=O)cc2C)C1. The zero-order valence-corrected chi connectivity index (χ0v) is 13.3. The van der Waals surface area contributed by atoms with Crippen LogP contribution in [-0.2, 0) is 20.9 Å². The largest absolute Gasteiger partial charge is 0.469 e. The average Bonchev–Trinajstić information content (AvgIpc) is 2.50. The normalized spacial score (nSPS) is 18.1. The van der Waals surface area contributed by atoms with Gasteiger partial charge in [-0.3, -0.25) is 14.4 Å². The summed E-state index contributed by atoms with van der Waals surface area (Å²) in [5.74, 6) is -0.532. The number of piperidine rings is 1. The Balaban J connectivity index is 2.09. The smallest absolute Gasteiger partial charge is 0.310 e. The van der Waals surface area contributed by atoms with Crippen LogP contribution in [0.4, 0.5) is 0 Å². The van der Waals surface area contributed by atoms with Gasteiger partial charge in [-0.25, -0.2) is 0 Å². The monoisotopic (exact) mass is 306 g/mol. The first-order valence-corrected chi connectivity index (χ1v) is 7.46. The number of carbonyl (C=O) groups is 2. The highest BCUT2D eigenvalue weighted by atomic mass is 16.5. The van der Waals surface area contributed by atoms with Crippen molar-refractivity contribution in [2.24, 2.45) is 5.92 Å². The predicted octanol–water partition coefficient (Wildman–Crippen LogP) is 0.877. The topological polar surface area (TPSA) is 68.6 Å². The number of aromatic nitrogens is 1. The molecule has 0 radical (unpaired) electrons. The van der Waals surface area contributed by atoms with Crippen molar-refractivity contribution in [1.29, 1.82) is 0 Å². The van der Waals surface area contributed by atoms with Gasteiger partial charge in [-0.1, -0.05) is 0 Å². The second-order valence-electron chi connectivity index (χ2n) is 5.76. The van der Waals surface area contributed by atoms with Crippen molar-refractivity contribution in [1.82, 2.24) is 9.47 Å². The van der Waals surface area contributed by atoms with Crippen molar-refractivity contribution in [3.8, 4) is 0 Å². The second kappa shape index (κ2) is 6.77. The molecule has 22 heavy (non-hydrogen) atoms. The molecule has 1 amide bonds. The average molecular weight is 306 g/mol. The van der Waals surface area contributed by atoms with Gasteiger partial charge in [-0.05, 0) is 26.7 Å². The number of amides is 1. The van der Waals surface area contributed by atoms with Gasteiger partial charge in [0.1, 0.15) is 6.54 Å². The summed E-state index contributed by atoms with van der Waals surface area (Å²) < 4.78 is 6.60. The molecule has 0 N–H and O–H groups in total. The summed E-state index contributed by atoms with van der Waals surface area (Å²) in [6.45, 7) is 4.88. The molecular weight excluding hydrogens is 284 g/mol. The van der Waals surface area contributed by atoms with E-state index in [9.17, 15) is 14.4 Å². The number of likely N-dealkylation sites (tertiary alicyclic amines) is 1. The minimum absolute atomic E-state index is 0.0385. The fourth-order valence-electron chi connectivity index (χ4n) is 2.93. The van der Waals surface area contributed by atoms with E-state index >= 15 is 0 Å². The first-order valence-electron chi connectivity index (χ1n) is 7.46. The van der Waals surface area contributed by atoms with Crippen LogP contribution in [0.25, 0.3) is 0 Å². The van der Waals surface area contributed by atoms with Crippen LogP contribution >= 0.6 is 0 Å². The van der Waals surface area contributed by atoms with E-state index in [1.54, 1.807) is 4.90 Å². The van der Waals surface area contributed by atoms with E-state index in [4.69, 9.17) is 4.74 Å². The van der Waals surface area contributed by atoms with Crippen LogP contribution in [0.3, 0.4) is 0 Å². The maximum Gasteiger partial charge on any atom is 0.310 e. The van der Waals surface area contributed by atoms with E-state index < -0.39 is 0 Å². The third-order valence-corrected chi connectivity index (χ3v) is 4.16. The van der Waals surface area contributed by atoms with Crippen LogP contribution in [0.2, 0.25) is 0 Å². The molecule has 1 aliphatic rings. The van der Waals surface area contributed by atoms with Crippen molar-refractivity contribution in [2.75, 3.05) is 20.2 Å². The maximum atomic E-state index is 12.5. The van der Waals surface area contributed by atoms with Gasteiger partial charge in [0.2, 0.25) is 5.91 Å². The number of nitrogens with zero attached hydrogens (tertiary/aromatic N) is 2. The van der Waals surface area contributed by atoms with E-state index in [1.807, 2.05) is 18.4 Å². The summed E-state index contributed by atoms with van der Waals surface area (Å²) in [6, 6.07) is 3.04. The van der Waals surface area contributed by atoms with Crippen LogP contribution in [0, 0.1) is 19.8 Å². The molecule has 0 aromatic carbocycles. The van der Waals surface area contributed by atoms with Crippen LogP contribution in [0.1, 0.15) is 24.2 Å². The molecule has 1 fully saturated rings. The number of pyridine rings is 1. The van der Waals surface area contributed by atoms with Gasteiger partial charge >= 0.3 is 5.97 Å². The van der Waals surface area contributed by atoms with Gasteiger partial charge < -0.3 is 14.2 Å². The van der Waals surface area contributed by atoms with Gasteiger partial charge in [0.15, 0.2) is 5.43 Å². The highest BCUT2D eigenvalue weighted by Crippen LogP contribution is 2.18. The molecule has 120 valence electrons. The number of aryl methyl sites for hydroxylation is 2. The molecule has 0 saturated carbocycles. The predicted molar refractivity (Wildman–Crippen MR) is 81.5 cm³/mol. The Morgan fingerprint density at radius 3 is 2.50 bits per heavy atom. The highest BCUT2D eigenvalue weighted by Gasteiger charge is 2.29. The van der Waals surface area contributed by atoms with Crippen LogP contribution in [-0.4, -0.2) is 41.5 Å². The molecule has 2 rings (SSSR count). The Bertz CT molecular complexity index is 609. The molecule has 2 heterocycles. The Labute approximate surface area is 129 Å². The summed E-state index contributed by atoms with van der Waals surface area (Å²) in [6.07, 6.45) is 1.56. The third kappa shape index (κ3) is 3.55. The van der Waals surface area contributed by atoms with E-state index in [2.05, 4.69) is 0 Å². The van der Waals surface area contributed by atoms with Gasteiger partial charge in [0.05, 0.1) is 13.0 Å². The number of esters is 1. The molecule has 6 nitrogen and oxygen atoms in total. The summed E-state index contributed by atoms with van der Waals surface area (Å²) in [4.78, 5) is 37.3. The first-order chi connectivity index (χ1) is 10.4. The molecule has 0 aliphatic carbocycles. The van der Waals surface area contributed by atoms with Crippen molar-refractivity contribution in [2.45, 2.75) is 33.2 Å². The fraction of sp³-hybridized carbons (Fsp3) is 0.562. The molecule has 1 unspecified atom stereocenters. The van der Waals surface area contributed by atoms with Gasteiger partial charge in [0, 0.05) is 36.6 Å². The molecule has 1 saturated heterocycles. The Morgan fingerprint density at radius 1 is 1.27 bits per heavy atom. The van der Waals surface area contributed by atoms with Gasteiger partial charge in [-0.15, -0.1) is 0 Å². The lowest BCUT2D eigenvalue weighted by Gasteiger charge is -2.32. The molecule has 6 heteroatoms. The van der Waals surface area contributed by atoms with Gasteiger partial charge in [0.25, 0.3) is 0 Å². The maximum absolute atomic E-state index is 12.5. The fourth-order valence-corrected chi connectivity index (χ4v) is 2.93. The number of methoxy groups -OCH3 is 1. The lowest BCUT2D eigenvalue weighted by Crippen LogP contribution is -2.44.